The average Bonchev–Trinajstić information content (AvgIpc) is 2.83. The van der Waals surface area contributed by atoms with Crippen LogP contribution in [0.4, 0.5) is 0 Å². The Morgan fingerprint density at radius 1 is 1.17 bits per heavy atom. The summed E-state index contributed by atoms with van der Waals surface area (Å²) in [5.74, 6) is 0.796. The minimum Gasteiger partial charge on any atom is -0.467 e. The van der Waals surface area contributed by atoms with Gasteiger partial charge in [0.1, 0.15) is 5.76 Å². The van der Waals surface area contributed by atoms with Crippen molar-refractivity contribution in [2.75, 3.05) is 13.3 Å². The molecule has 0 fully saturated rings. The summed E-state index contributed by atoms with van der Waals surface area (Å²) in [4.78, 5) is 0.320. The van der Waals surface area contributed by atoms with Crippen LogP contribution in [0.2, 0.25) is 0 Å². The van der Waals surface area contributed by atoms with Gasteiger partial charge in [0.25, 0.3) is 0 Å². The van der Waals surface area contributed by atoms with Crippen molar-refractivity contribution in [3.63, 3.8) is 0 Å². The molecule has 0 amide bonds. The second-order valence-electron chi connectivity index (χ2n) is 4.08. The van der Waals surface area contributed by atoms with Gasteiger partial charge in [0, 0.05) is 6.26 Å². The van der Waals surface area contributed by atoms with Crippen LogP contribution in [0, 0.1) is 0 Å². The molecule has 0 radical (unpaired) electrons. The van der Waals surface area contributed by atoms with Crippen molar-refractivity contribution in [2.45, 2.75) is 10.9 Å². The molecule has 0 aliphatic carbocycles. The smallest absolute Gasteiger partial charge is 0.175 e. The molecular formula is C13H15NO3S. The molecule has 2 rings (SSSR count). The second-order valence-corrected chi connectivity index (χ2v) is 6.09. The van der Waals surface area contributed by atoms with Crippen LogP contribution < -0.4 is 5.32 Å². The third-order valence-electron chi connectivity index (χ3n) is 2.76. The van der Waals surface area contributed by atoms with Crippen molar-refractivity contribution < 1.29 is 12.8 Å². The van der Waals surface area contributed by atoms with Crippen molar-refractivity contribution >= 4 is 9.84 Å². The van der Waals surface area contributed by atoms with Gasteiger partial charge in [0.15, 0.2) is 9.84 Å². The van der Waals surface area contributed by atoms with Crippen molar-refractivity contribution in [3.05, 3.63) is 54.0 Å². The molecule has 0 aliphatic rings. The summed E-state index contributed by atoms with van der Waals surface area (Å²) in [5.41, 5.74) is 0.958. The summed E-state index contributed by atoms with van der Waals surface area (Å²) < 4.78 is 28.1. The van der Waals surface area contributed by atoms with Crippen LogP contribution in [0.3, 0.4) is 0 Å². The quantitative estimate of drug-likeness (QED) is 0.918. The summed E-state index contributed by atoms with van der Waals surface area (Å²) in [5, 5.41) is 3.14. The van der Waals surface area contributed by atoms with E-state index < -0.39 is 9.84 Å². The van der Waals surface area contributed by atoms with Gasteiger partial charge in [0.2, 0.25) is 0 Å². The molecule has 96 valence electrons. The fraction of sp³-hybridized carbons (Fsp3) is 0.231. The van der Waals surface area contributed by atoms with E-state index in [1.165, 1.54) is 6.26 Å². The van der Waals surface area contributed by atoms with Gasteiger partial charge in [-0.2, -0.15) is 0 Å². The zero-order valence-corrected chi connectivity index (χ0v) is 11.1. The molecule has 5 heteroatoms. The van der Waals surface area contributed by atoms with E-state index in [-0.39, 0.29) is 6.04 Å². The van der Waals surface area contributed by atoms with Gasteiger partial charge < -0.3 is 9.73 Å². The predicted molar refractivity (Wildman–Crippen MR) is 69.2 cm³/mol. The number of hydrogen-bond acceptors (Lipinski definition) is 4. The van der Waals surface area contributed by atoms with Crippen LogP contribution in [0.5, 0.6) is 0 Å². The molecular weight excluding hydrogens is 250 g/mol. The largest absolute Gasteiger partial charge is 0.467 e. The van der Waals surface area contributed by atoms with Gasteiger partial charge in [0.05, 0.1) is 17.2 Å². The first-order valence-corrected chi connectivity index (χ1v) is 7.42. The van der Waals surface area contributed by atoms with E-state index in [9.17, 15) is 8.42 Å². The fourth-order valence-electron chi connectivity index (χ4n) is 1.84. The zero-order chi connectivity index (χ0) is 13.2. The summed E-state index contributed by atoms with van der Waals surface area (Å²) in [6.45, 7) is 0. The van der Waals surface area contributed by atoms with E-state index in [1.807, 2.05) is 19.2 Å². The van der Waals surface area contributed by atoms with Gasteiger partial charge in [-0.15, -0.1) is 0 Å². The highest BCUT2D eigenvalue weighted by Crippen LogP contribution is 2.23. The average molecular weight is 265 g/mol. The topological polar surface area (TPSA) is 59.3 Å². The van der Waals surface area contributed by atoms with Crippen molar-refractivity contribution in [1.82, 2.24) is 5.32 Å². The minimum absolute atomic E-state index is 0.0754. The van der Waals surface area contributed by atoms with E-state index in [2.05, 4.69) is 5.32 Å². The van der Waals surface area contributed by atoms with E-state index in [1.54, 1.807) is 30.5 Å². The normalized spacial score (nSPS) is 13.4. The molecule has 1 heterocycles. The molecule has 1 N–H and O–H groups in total. The first kappa shape index (κ1) is 12.9. The third kappa shape index (κ3) is 2.63. The molecule has 1 unspecified atom stereocenters. The minimum atomic E-state index is -3.15. The van der Waals surface area contributed by atoms with Crippen molar-refractivity contribution in [2.24, 2.45) is 0 Å². The standard InChI is InChI=1S/C13H15NO3S/c1-14-13(12-4-3-9-17-12)10-5-7-11(8-6-10)18(2,15)16/h3-9,13-14H,1-2H3. The van der Waals surface area contributed by atoms with Crippen LogP contribution >= 0.6 is 0 Å². The summed E-state index contributed by atoms with van der Waals surface area (Å²) in [7, 11) is -1.32. The number of rotatable bonds is 4. The van der Waals surface area contributed by atoms with Crippen LogP contribution in [0.15, 0.2) is 52.0 Å². The lowest BCUT2D eigenvalue weighted by atomic mass is 10.1. The SMILES string of the molecule is CNC(c1ccc(S(C)(=O)=O)cc1)c1ccco1. The first-order chi connectivity index (χ1) is 8.52. The van der Waals surface area contributed by atoms with Crippen LogP contribution in [0.1, 0.15) is 17.4 Å². The lowest BCUT2D eigenvalue weighted by molar-refractivity contribution is 0.463. The molecule has 2 aromatic rings. The third-order valence-corrected chi connectivity index (χ3v) is 3.89. The molecule has 0 aliphatic heterocycles. The first-order valence-electron chi connectivity index (χ1n) is 5.53. The monoisotopic (exact) mass is 265 g/mol. The van der Waals surface area contributed by atoms with E-state index >= 15 is 0 Å². The molecule has 18 heavy (non-hydrogen) atoms. The number of nitrogens with one attached hydrogen (secondary N) is 1. The Morgan fingerprint density at radius 3 is 2.28 bits per heavy atom. The molecule has 1 aromatic carbocycles. The molecule has 1 aromatic heterocycles. The summed E-state index contributed by atoms with van der Waals surface area (Å²) in [6, 6.07) is 10.4. The van der Waals surface area contributed by atoms with Gasteiger partial charge in [-0.1, -0.05) is 12.1 Å². The fourth-order valence-corrected chi connectivity index (χ4v) is 2.47. The molecule has 1 atom stereocenters. The van der Waals surface area contributed by atoms with Crippen LogP contribution in [-0.4, -0.2) is 21.7 Å². The maximum absolute atomic E-state index is 11.4. The number of sulfone groups is 1. The van der Waals surface area contributed by atoms with Crippen molar-refractivity contribution in [1.29, 1.82) is 0 Å². The van der Waals surface area contributed by atoms with Crippen molar-refractivity contribution in [3.8, 4) is 0 Å². The maximum Gasteiger partial charge on any atom is 0.175 e. The van der Waals surface area contributed by atoms with E-state index in [0.717, 1.165) is 11.3 Å². The van der Waals surface area contributed by atoms with Gasteiger partial charge >= 0.3 is 0 Å². The lowest BCUT2D eigenvalue weighted by Gasteiger charge is -2.14. The van der Waals surface area contributed by atoms with Gasteiger partial charge in [-0.3, -0.25) is 0 Å². The Labute approximate surface area is 107 Å². The molecule has 0 spiro atoms. The molecule has 0 saturated carbocycles. The predicted octanol–water partition coefficient (Wildman–Crippen LogP) is 1.99. The lowest BCUT2D eigenvalue weighted by Crippen LogP contribution is -2.17. The maximum atomic E-state index is 11.4. The van der Waals surface area contributed by atoms with E-state index in [0.29, 0.717) is 4.90 Å². The Balaban J connectivity index is 2.34. The molecule has 4 nitrogen and oxygen atoms in total. The van der Waals surface area contributed by atoms with Gasteiger partial charge in [-0.25, -0.2) is 8.42 Å². The Hall–Kier alpha value is -1.59. The molecule has 0 bridgehead atoms. The Kier molecular flexibility index (Phi) is 3.54. The van der Waals surface area contributed by atoms with Crippen LogP contribution in [-0.2, 0) is 9.84 Å². The zero-order valence-electron chi connectivity index (χ0n) is 10.3. The number of hydrogen-bond donors (Lipinski definition) is 1. The van der Waals surface area contributed by atoms with E-state index in [4.69, 9.17) is 4.42 Å². The summed E-state index contributed by atoms with van der Waals surface area (Å²) >= 11 is 0. The van der Waals surface area contributed by atoms with Gasteiger partial charge in [-0.05, 0) is 36.9 Å². The van der Waals surface area contributed by atoms with Crippen LogP contribution in [0.25, 0.3) is 0 Å². The number of furan rings is 1. The Morgan fingerprint density at radius 2 is 1.83 bits per heavy atom. The highest BCUT2D eigenvalue weighted by molar-refractivity contribution is 7.90. The molecule has 0 saturated heterocycles. The highest BCUT2D eigenvalue weighted by atomic mass is 32.2. The Bertz CT molecular complexity index is 600. The summed E-state index contributed by atoms with van der Waals surface area (Å²) in [6.07, 6.45) is 2.81. The highest BCUT2D eigenvalue weighted by Gasteiger charge is 2.15. The number of benzene rings is 1. The second kappa shape index (κ2) is 4.96.